The van der Waals surface area contributed by atoms with E-state index < -0.39 is 5.82 Å². The average Bonchev–Trinajstić information content (AvgIpc) is 2.80. The second-order valence-electron chi connectivity index (χ2n) is 4.46. The maximum Gasteiger partial charge on any atom is 0.220 e. The van der Waals surface area contributed by atoms with E-state index in [2.05, 4.69) is 15.0 Å². The van der Waals surface area contributed by atoms with Gasteiger partial charge in [-0.1, -0.05) is 12.1 Å². The summed E-state index contributed by atoms with van der Waals surface area (Å²) in [6, 6.07) is 7.83. The van der Waals surface area contributed by atoms with Crippen LogP contribution in [0.4, 0.5) is 10.3 Å². The third-order valence-electron chi connectivity index (χ3n) is 3.21. The molecule has 0 atom stereocenters. The number of nitrogens with two attached hydrogens (primary N) is 1. The van der Waals surface area contributed by atoms with Crippen molar-refractivity contribution in [2.45, 2.75) is 19.9 Å². The topological polar surface area (TPSA) is 69.6 Å². The fraction of sp³-hybridized carbons (Fsp3) is 0.214. The minimum Gasteiger partial charge on any atom is -0.368 e. The van der Waals surface area contributed by atoms with Crippen LogP contribution in [-0.2, 0) is 13.0 Å². The van der Waals surface area contributed by atoms with Gasteiger partial charge in [0.05, 0.1) is 29.3 Å². The summed E-state index contributed by atoms with van der Waals surface area (Å²) >= 11 is 0. The summed E-state index contributed by atoms with van der Waals surface area (Å²) in [5.41, 5.74) is 7.71. The molecule has 0 saturated carbocycles. The predicted octanol–water partition coefficient (Wildman–Crippen LogP) is 2.16. The Morgan fingerprint density at radius 1 is 1.25 bits per heavy atom. The van der Waals surface area contributed by atoms with E-state index in [9.17, 15) is 4.39 Å². The molecule has 1 aromatic carbocycles. The minimum absolute atomic E-state index is 0.0700. The largest absolute Gasteiger partial charge is 0.368 e. The number of hydrogen-bond acceptors (Lipinski definition) is 4. The molecule has 102 valence electrons. The summed E-state index contributed by atoms with van der Waals surface area (Å²) < 4.78 is 15.8. The van der Waals surface area contributed by atoms with Gasteiger partial charge in [-0.2, -0.15) is 0 Å². The monoisotopic (exact) mass is 271 g/mol. The third kappa shape index (κ3) is 2.09. The maximum absolute atomic E-state index is 13.7. The number of hydrogen-bond donors (Lipinski definition) is 1. The van der Waals surface area contributed by atoms with Gasteiger partial charge in [-0.25, -0.2) is 19.3 Å². The quantitative estimate of drug-likeness (QED) is 0.792. The van der Waals surface area contributed by atoms with Gasteiger partial charge in [-0.3, -0.25) is 0 Å². The number of para-hydroxylation sites is 2. The van der Waals surface area contributed by atoms with Crippen LogP contribution in [0, 0.1) is 5.82 Å². The van der Waals surface area contributed by atoms with Crippen LogP contribution in [0.2, 0.25) is 0 Å². The van der Waals surface area contributed by atoms with Gasteiger partial charge in [0.25, 0.3) is 0 Å². The standard InChI is InChI=1S/C14H14FN5/c1-2-20-12-6-4-3-5-10(12)18-13(20)7-11-9(15)8-17-14(16)19-11/h3-6,8H,2,7H2,1H3,(H2,16,17,19). The van der Waals surface area contributed by atoms with Crippen LogP contribution in [0.5, 0.6) is 0 Å². The summed E-state index contributed by atoms with van der Waals surface area (Å²) in [5.74, 6) is 0.375. The average molecular weight is 271 g/mol. The van der Waals surface area contributed by atoms with E-state index in [-0.39, 0.29) is 11.6 Å². The molecule has 0 saturated heterocycles. The molecule has 0 amide bonds. The summed E-state index contributed by atoms with van der Waals surface area (Å²) in [6.45, 7) is 2.79. The van der Waals surface area contributed by atoms with Crippen LogP contribution in [0.15, 0.2) is 30.5 Å². The van der Waals surface area contributed by atoms with E-state index in [0.717, 1.165) is 29.6 Å². The van der Waals surface area contributed by atoms with Crippen LogP contribution in [0.25, 0.3) is 11.0 Å². The second-order valence-corrected chi connectivity index (χ2v) is 4.46. The zero-order chi connectivity index (χ0) is 14.1. The molecule has 2 aromatic heterocycles. The lowest BCUT2D eigenvalue weighted by Gasteiger charge is -2.06. The highest BCUT2D eigenvalue weighted by Gasteiger charge is 2.13. The highest BCUT2D eigenvalue weighted by Crippen LogP contribution is 2.18. The molecule has 6 heteroatoms. The first-order chi connectivity index (χ1) is 9.69. The number of nitrogen functional groups attached to an aromatic ring is 1. The highest BCUT2D eigenvalue weighted by atomic mass is 19.1. The van der Waals surface area contributed by atoms with E-state index in [1.54, 1.807) is 0 Å². The van der Waals surface area contributed by atoms with E-state index in [4.69, 9.17) is 5.73 Å². The Labute approximate surface area is 115 Å². The fourth-order valence-corrected chi connectivity index (χ4v) is 2.30. The Balaban J connectivity index is 2.08. The molecule has 0 unspecified atom stereocenters. The fourth-order valence-electron chi connectivity index (χ4n) is 2.30. The lowest BCUT2D eigenvalue weighted by atomic mass is 10.2. The second kappa shape index (κ2) is 4.88. The Morgan fingerprint density at radius 2 is 2.05 bits per heavy atom. The molecule has 3 rings (SSSR count). The molecule has 2 heterocycles. The molecule has 0 fully saturated rings. The van der Waals surface area contributed by atoms with E-state index in [1.165, 1.54) is 0 Å². The summed E-state index contributed by atoms with van der Waals surface area (Å²) in [5, 5.41) is 0. The number of rotatable bonds is 3. The van der Waals surface area contributed by atoms with Gasteiger partial charge in [-0.15, -0.1) is 0 Å². The molecule has 3 aromatic rings. The van der Waals surface area contributed by atoms with Gasteiger partial charge in [0, 0.05) is 6.54 Å². The smallest absolute Gasteiger partial charge is 0.220 e. The van der Waals surface area contributed by atoms with E-state index in [0.29, 0.717) is 6.42 Å². The van der Waals surface area contributed by atoms with Gasteiger partial charge >= 0.3 is 0 Å². The molecule has 0 spiro atoms. The van der Waals surface area contributed by atoms with Gasteiger partial charge in [0.2, 0.25) is 5.95 Å². The Hall–Kier alpha value is -2.50. The van der Waals surface area contributed by atoms with Crippen molar-refractivity contribution in [2.24, 2.45) is 0 Å². The summed E-state index contributed by atoms with van der Waals surface area (Å²) in [4.78, 5) is 12.1. The molecule has 2 N–H and O–H groups in total. The zero-order valence-electron chi connectivity index (χ0n) is 11.0. The molecule has 0 radical (unpaired) electrons. The summed E-state index contributed by atoms with van der Waals surface area (Å²) in [6.07, 6.45) is 1.39. The molecule has 0 bridgehead atoms. The Bertz CT molecular complexity index is 765. The highest BCUT2D eigenvalue weighted by molar-refractivity contribution is 5.75. The molecular formula is C14H14FN5. The summed E-state index contributed by atoms with van der Waals surface area (Å²) in [7, 11) is 0. The van der Waals surface area contributed by atoms with Crippen molar-refractivity contribution >= 4 is 17.0 Å². The number of anilines is 1. The zero-order valence-corrected chi connectivity index (χ0v) is 11.0. The Kier molecular flexibility index (Phi) is 3.06. The molecule has 0 aliphatic heterocycles. The lowest BCUT2D eigenvalue weighted by molar-refractivity contribution is 0.591. The molecule has 0 aliphatic carbocycles. The van der Waals surface area contributed by atoms with Crippen molar-refractivity contribution < 1.29 is 4.39 Å². The lowest BCUT2D eigenvalue weighted by Crippen LogP contribution is -2.07. The first-order valence-corrected chi connectivity index (χ1v) is 6.40. The van der Waals surface area contributed by atoms with E-state index >= 15 is 0 Å². The van der Waals surface area contributed by atoms with Gasteiger partial charge in [-0.05, 0) is 19.1 Å². The number of fused-ring (bicyclic) bond motifs is 1. The minimum atomic E-state index is -0.464. The van der Waals surface area contributed by atoms with Gasteiger partial charge in [0.1, 0.15) is 5.82 Å². The van der Waals surface area contributed by atoms with Crippen molar-refractivity contribution in [3.63, 3.8) is 0 Å². The number of nitrogens with zero attached hydrogens (tertiary/aromatic N) is 4. The van der Waals surface area contributed by atoms with Crippen molar-refractivity contribution in [3.8, 4) is 0 Å². The first kappa shape index (κ1) is 12.5. The number of aromatic nitrogens is 4. The first-order valence-electron chi connectivity index (χ1n) is 6.40. The SMILES string of the molecule is CCn1c(Cc2nc(N)ncc2F)nc2ccccc21. The van der Waals surface area contributed by atoms with Gasteiger partial charge in [0.15, 0.2) is 5.82 Å². The van der Waals surface area contributed by atoms with Crippen LogP contribution in [-0.4, -0.2) is 19.5 Å². The predicted molar refractivity (Wildman–Crippen MR) is 74.6 cm³/mol. The van der Waals surface area contributed by atoms with E-state index in [1.807, 2.05) is 35.8 Å². The number of halogens is 1. The Morgan fingerprint density at radius 3 is 2.85 bits per heavy atom. The number of benzene rings is 1. The van der Waals surface area contributed by atoms with Crippen LogP contribution < -0.4 is 5.73 Å². The molecular weight excluding hydrogens is 257 g/mol. The van der Waals surface area contributed by atoms with Crippen LogP contribution in [0.1, 0.15) is 18.4 Å². The number of aryl methyl sites for hydroxylation is 1. The van der Waals surface area contributed by atoms with Crippen LogP contribution >= 0.6 is 0 Å². The van der Waals surface area contributed by atoms with Crippen molar-refractivity contribution in [2.75, 3.05) is 5.73 Å². The molecule has 5 nitrogen and oxygen atoms in total. The van der Waals surface area contributed by atoms with Gasteiger partial charge < -0.3 is 10.3 Å². The molecule has 0 aliphatic rings. The van der Waals surface area contributed by atoms with Crippen molar-refractivity contribution in [1.29, 1.82) is 0 Å². The maximum atomic E-state index is 13.7. The molecule has 20 heavy (non-hydrogen) atoms. The third-order valence-corrected chi connectivity index (χ3v) is 3.21. The van der Waals surface area contributed by atoms with Crippen LogP contribution in [0.3, 0.4) is 0 Å². The normalized spacial score (nSPS) is 11.1. The van der Waals surface area contributed by atoms with Crippen molar-refractivity contribution in [3.05, 3.63) is 47.8 Å². The number of imidazole rings is 1. The van der Waals surface area contributed by atoms with Crippen molar-refractivity contribution in [1.82, 2.24) is 19.5 Å².